The Labute approximate surface area is 115 Å². The topological polar surface area (TPSA) is 49.8 Å². The second kappa shape index (κ2) is 6.35. The Balaban J connectivity index is 2.06. The molecule has 2 N–H and O–H groups in total. The van der Waals surface area contributed by atoms with Gasteiger partial charge in [0.05, 0.1) is 12.4 Å². The van der Waals surface area contributed by atoms with Crippen LogP contribution in [0.3, 0.4) is 0 Å². The molecule has 18 heavy (non-hydrogen) atoms. The second-order valence-electron chi connectivity index (χ2n) is 3.85. The highest BCUT2D eigenvalue weighted by atomic mass is 79.9. The summed E-state index contributed by atoms with van der Waals surface area (Å²) in [5.41, 5.74) is 0.986. The number of hydrogen-bond donors (Lipinski definition) is 2. The van der Waals surface area contributed by atoms with Crippen molar-refractivity contribution >= 4 is 33.3 Å². The van der Waals surface area contributed by atoms with E-state index in [1.54, 1.807) is 12.4 Å². The number of nitrogens with zero attached hydrogens (tertiary/aromatic N) is 2. The molecular weight excluding hydrogens is 292 g/mol. The van der Waals surface area contributed by atoms with Crippen LogP contribution in [0.2, 0.25) is 0 Å². The van der Waals surface area contributed by atoms with Crippen LogP contribution < -0.4 is 10.6 Å². The van der Waals surface area contributed by atoms with Crippen LogP contribution >= 0.6 is 15.9 Å². The number of rotatable bonds is 5. The Morgan fingerprint density at radius 3 is 2.56 bits per heavy atom. The first-order valence-electron chi connectivity index (χ1n) is 5.86. The van der Waals surface area contributed by atoms with Crippen LogP contribution in [0.15, 0.2) is 41.1 Å². The van der Waals surface area contributed by atoms with E-state index in [0.717, 1.165) is 34.8 Å². The summed E-state index contributed by atoms with van der Waals surface area (Å²) in [6.45, 7) is 3.01. The van der Waals surface area contributed by atoms with Crippen molar-refractivity contribution in [1.29, 1.82) is 0 Å². The summed E-state index contributed by atoms with van der Waals surface area (Å²) in [5.74, 6) is 1.53. The summed E-state index contributed by atoms with van der Waals surface area (Å²) < 4.78 is 1.05. The lowest BCUT2D eigenvalue weighted by molar-refractivity contribution is 0.965. The molecule has 0 atom stereocenters. The lowest BCUT2D eigenvalue weighted by atomic mass is 10.3. The standard InChI is InChI=1S/C13H15BrN4/c1-2-7-16-12-8-15-9-13(18-12)17-11-5-3-10(14)4-6-11/h3-6,8-9H,2,7H2,1H3,(H2,16,17,18). The summed E-state index contributed by atoms with van der Waals surface area (Å²) >= 11 is 3.41. The molecule has 1 heterocycles. The smallest absolute Gasteiger partial charge is 0.151 e. The van der Waals surface area contributed by atoms with Crippen LogP contribution in [-0.4, -0.2) is 16.5 Å². The number of hydrogen-bond acceptors (Lipinski definition) is 4. The van der Waals surface area contributed by atoms with Gasteiger partial charge in [0.1, 0.15) is 5.82 Å². The minimum Gasteiger partial charge on any atom is -0.369 e. The lowest BCUT2D eigenvalue weighted by Crippen LogP contribution is -2.04. The molecule has 0 bridgehead atoms. The molecule has 0 unspecified atom stereocenters. The fourth-order valence-corrected chi connectivity index (χ4v) is 1.71. The van der Waals surface area contributed by atoms with E-state index in [2.05, 4.69) is 43.5 Å². The van der Waals surface area contributed by atoms with Crippen molar-refractivity contribution in [2.24, 2.45) is 0 Å². The van der Waals surface area contributed by atoms with Crippen LogP contribution in [0.25, 0.3) is 0 Å². The fraction of sp³-hybridized carbons (Fsp3) is 0.231. The molecule has 1 aromatic carbocycles. The molecule has 0 spiro atoms. The molecule has 0 aliphatic carbocycles. The van der Waals surface area contributed by atoms with E-state index < -0.39 is 0 Å². The summed E-state index contributed by atoms with van der Waals surface area (Å²) in [6, 6.07) is 7.93. The van der Waals surface area contributed by atoms with Crippen molar-refractivity contribution in [2.45, 2.75) is 13.3 Å². The van der Waals surface area contributed by atoms with Gasteiger partial charge < -0.3 is 10.6 Å². The third-order valence-corrected chi connectivity index (χ3v) is 2.84. The van der Waals surface area contributed by atoms with Crippen LogP contribution in [0, 0.1) is 0 Å². The maximum absolute atomic E-state index is 4.43. The zero-order chi connectivity index (χ0) is 12.8. The zero-order valence-corrected chi connectivity index (χ0v) is 11.7. The average molecular weight is 307 g/mol. The molecule has 0 radical (unpaired) electrons. The normalized spacial score (nSPS) is 10.1. The minimum absolute atomic E-state index is 0.735. The van der Waals surface area contributed by atoms with Crippen molar-refractivity contribution in [3.63, 3.8) is 0 Å². The maximum Gasteiger partial charge on any atom is 0.151 e. The zero-order valence-electron chi connectivity index (χ0n) is 10.2. The Morgan fingerprint density at radius 2 is 1.83 bits per heavy atom. The van der Waals surface area contributed by atoms with Gasteiger partial charge in [-0.2, -0.15) is 0 Å². The SMILES string of the molecule is CCCNc1cncc(Nc2ccc(Br)cc2)n1. The largest absolute Gasteiger partial charge is 0.369 e. The van der Waals surface area contributed by atoms with E-state index in [1.807, 2.05) is 24.3 Å². The van der Waals surface area contributed by atoms with Gasteiger partial charge in [-0.1, -0.05) is 22.9 Å². The van der Waals surface area contributed by atoms with E-state index >= 15 is 0 Å². The molecule has 0 saturated carbocycles. The predicted octanol–water partition coefficient (Wildman–Crippen LogP) is 3.80. The van der Waals surface area contributed by atoms with Crippen LogP contribution in [-0.2, 0) is 0 Å². The highest BCUT2D eigenvalue weighted by Crippen LogP contribution is 2.18. The van der Waals surface area contributed by atoms with Gasteiger partial charge in [-0.05, 0) is 30.7 Å². The third-order valence-electron chi connectivity index (χ3n) is 2.31. The molecule has 2 aromatic rings. The number of anilines is 3. The fourth-order valence-electron chi connectivity index (χ4n) is 1.45. The van der Waals surface area contributed by atoms with E-state index in [-0.39, 0.29) is 0 Å². The van der Waals surface area contributed by atoms with Gasteiger partial charge in [0.25, 0.3) is 0 Å². The Hall–Kier alpha value is -1.62. The molecule has 94 valence electrons. The van der Waals surface area contributed by atoms with Crippen molar-refractivity contribution in [1.82, 2.24) is 9.97 Å². The van der Waals surface area contributed by atoms with Crippen molar-refractivity contribution < 1.29 is 0 Å². The summed E-state index contributed by atoms with van der Waals surface area (Å²) in [6.07, 6.45) is 4.49. The van der Waals surface area contributed by atoms with Gasteiger partial charge in [-0.3, -0.25) is 4.98 Å². The van der Waals surface area contributed by atoms with Crippen molar-refractivity contribution in [3.05, 3.63) is 41.1 Å². The molecule has 0 aliphatic heterocycles. The molecule has 0 saturated heterocycles. The summed E-state index contributed by atoms with van der Waals surface area (Å²) in [4.78, 5) is 8.59. The van der Waals surface area contributed by atoms with Crippen LogP contribution in [0.1, 0.15) is 13.3 Å². The molecule has 2 rings (SSSR count). The maximum atomic E-state index is 4.43. The Morgan fingerprint density at radius 1 is 1.11 bits per heavy atom. The summed E-state index contributed by atoms with van der Waals surface area (Å²) in [5, 5.41) is 6.42. The van der Waals surface area contributed by atoms with Gasteiger partial charge in [0.15, 0.2) is 5.82 Å². The molecular formula is C13H15BrN4. The quantitative estimate of drug-likeness (QED) is 0.882. The number of benzene rings is 1. The highest BCUT2D eigenvalue weighted by Gasteiger charge is 1.99. The van der Waals surface area contributed by atoms with E-state index in [4.69, 9.17) is 0 Å². The first-order chi connectivity index (χ1) is 8.78. The third kappa shape index (κ3) is 3.70. The van der Waals surface area contributed by atoms with E-state index in [9.17, 15) is 0 Å². The number of nitrogens with one attached hydrogen (secondary N) is 2. The average Bonchev–Trinajstić information content (AvgIpc) is 2.40. The highest BCUT2D eigenvalue weighted by molar-refractivity contribution is 9.10. The lowest BCUT2D eigenvalue weighted by Gasteiger charge is -2.08. The van der Waals surface area contributed by atoms with Gasteiger partial charge in [0.2, 0.25) is 0 Å². The molecule has 4 nitrogen and oxygen atoms in total. The molecule has 0 amide bonds. The first-order valence-corrected chi connectivity index (χ1v) is 6.65. The summed E-state index contributed by atoms with van der Waals surface area (Å²) in [7, 11) is 0. The van der Waals surface area contributed by atoms with Gasteiger partial charge in [-0.15, -0.1) is 0 Å². The molecule has 0 aliphatic rings. The predicted molar refractivity (Wildman–Crippen MR) is 78.2 cm³/mol. The second-order valence-corrected chi connectivity index (χ2v) is 4.76. The monoisotopic (exact) mass is 306 g/mol. The van der Waals surface area contributed by atoms with Crippen LogP contribution in [0.5, 0.6) is 0 Å². The van der Waals surface area contributed by atoms with Crippen molar-refractivity contribution in [2.75, 3.05) is 17.2 Å². The van der Waals surface area contributed by atoms with Crippen LogP contribution in [0.4, 0.5) is 17.3 Å². The number of halogens is 1. The molecule has 0 fully saturated rings. The Kier molecular flexibility index (Phi) is 4.52. The van der Waals surface area contributed by atoms with E-state index in [0.29, 0.717) is 0 Å². The van der Waals surface area contributed by atoms with Crippen molar-refractivity contribution in [3.8, 4) is 0 Å². The first kappa shape index (κ1) is 12.8. The van der Waals surface area contributed by atoms with E-state index in [1.165, 1.54) is 0 Å². The molecule has 5 heteroatoms. The van der Waals surface area contributed by atoms with Gasteiger partial charge in [0, 0.05) is 16.7 Å². The minimum atomic E-state index is 0.735. The van der Waals surface area contributed by atoms with Gasteiger partial charge >= 0.3 is 0 Å². The molecule has 1 aromatic heterocycles. The Bertz CT molecular complexity index is 499. The number of aromatic nitrogens is 2. The van der Waals surface area contributed by atoms with Gasteiger partial charge in [-0.25, -0.2) is 4.98 Å².